The first kappa shape index (κ1) is 12.3. The van der Waals surface area contributed by atoms with Crippen LogP contribution >= 0.6 is 11.8 Å². The highest BCUT2D eigenvalue weighted by Gasteiger charge is 2.22. The average molecular weight is 216 g/mol. The van der Waals surface area contributed by atoms with Crippen LogP contribution in [0.2, 0.25) is 0 Å². The Morgan fingerprint density at radius 1 is 1.36 bits per heavy atom. The summed E-state index contributed by atoms with van der Waals surface area (Å²) in [6.07, 6.45) is 8.26. The van der Waals surface area contributed by atoms with Crippen molar-refractivity contribution < 1.29 is 0 Å². The number of thioether (sulfide) groups is 1. The Labute approximate surface area is 92.4 Å². The molecule has 0 saturated heterocycles. The molecular weight excluding hydrogens is 192 g/mol. The SMILES string of the molecule is CCCSCC(NN)C1CCCCC1. The van der Waals surface area contributed by atoms with E-state index in [4.69, 9.17) is 5.84 Å². The molecule has 84 valence electrons. The Bertz CT molecular complexity index is 135. The first-order chi connectivity index (χ1) is 6.88. The third-order valence-corrected chi connectivity index (χ3v) is 4.37. The van der Waals surface area contributed by atoms with Crippen molar-refractivity contribution in [2.45, 2.75) is 51.5 Å². The Hall–Kier alpha value is 0.270. The molecule has 2 nitrogen and oxygen atoms in total. The molecular formula is C11H24N2S. The van der Waals surface area contributed by atoms with E-state index in [-0.39, 0.29) is 0 Å². The summed E-state index contributed by atoms with van der Waals surface area (Å²) in [5.41, 5.74) is 3.01. The van der Waals surface area contributed by atoms with Crippen LogP contribution in [0.25, 0.3) is 0 Å². The van der Waals surface area contributed by atoms with Gasteiger partial charge in [0.05, 0.1) is 0 Å². The zero-order valence-electron chi connectivity index (χ0n) is 9.30. The zero-order chi connectivity index (χ0) is 10.2. The molecule has 0 bridgehead atoms. The van der Waals surface area contributed by atoms with Crippen LogP contribution in [0.15, 0.2) is 0 Å². The number of hydrazine groups is 1. The van der Waals surface area contributed by atoms with E-state index >= 15 is 0 Å². The summed E-state index contributed by atoms with van der Waals surface area (Å²) in [5.74, 6) is 8.91. The van der Waals surface area contributed by atoms with Gasteiger partial charge in [-0.1, -0.05) is 26.2 Å². The van der Waals surface area contributed by atoms with Gasteiger partial charge in [-0.05, 0) is 30.9 Å². The van der Waals surface area contributed by atoms with Crippen molar-refractivity contribution in [2.75, 3.05) is 11.5 Å². The molecule has 0 aliphatic heterocycles. The molecule has 0 aromatic rings. The van der Waals surface area contributed by atoms with Crippen molar-refractivity contribution in [3.8, 4) is 0 Å². The van der Waals surface area contributed by atoms with E-state index in [0.29, 0.717) is 6.04 Å². The number of nitrogens with one attached hydrogen (secondary N) is 1. The monoisotopic (exact) mass is 216 g/mol. The summed E-state index contributed by atoms with van der Waals surface area (Å²) in [5, 5.41) is 0. The maximum atomic E-state index is 5.62. The van der Waals surface area contributed by atoms with E-state index in [2.05, 4.69) is 12.3 Å². The van der Waals surface area contributed by atoms with Crippen molar-refractivity contribution in [1.29, 1.82) is 0 Å². The second-order valence-corrected chi connectivity index (χ2v) is 5.40. The molecule has 0 aromatic carbocycles. The maximum Gasteiger partial charge on any atom is 0.0329 e. The second kappa shape index (κ2) is 7.55. The molecule has 1 saturated carbocycles. The van der Waals surface area contributed by atoms with E-state index in [1.807, 2.05) is 11.8 Å². The molecule has 1 rings (SSSR count). The van der Waals surface area contributed by atoms with Gasteiger partial charge in [0.1, 0.15) is 0 Å². The predicted octanol–water partition coefficient (Wildman–Crippen LogP) is 2.54. The standard InChI is InChI=1S/C11H24N2S/c1-2-8-14-9-11(13-12)10-6-4-3-5-7-10/h10-11,13H,2-9,12H2,1H3. The van der Waals surface area contributed by atoms with Gasteiger partial charge in [-0.2, -0.15) is 11.8 Å². The van der Waals surface area contributed by atoms with E-state index in [9.17, 15) is 0 Å². The van der Waals surface area contributed by atoms with Gasteiger partial charge < -0.3 is 0 Å². The molecule has 0 amide bonds. The van der Waals surface area contributed by atoms with Crippen LogP contribution < -0.4 is 11.3 Å². The van der Waals surface area contributed by atoms with Gasteiger partial charge in [-0.15, -0.1) is 0 Å². The molecule has 3 heteroatoms. The quantitative estimate of drug-likeness (QED) is 0.407. The summed E-state index contributed by atoms with van der Waals surface area (Å²) in [6, 6.07) is 0.548. The van der Waals surface area contributed by atoms with Crippen LogP contribution in [0.1, 0.15) is 45.4 Å². The minimum absolute atomic E-state index is 0.548. The Balaban J connectivity index is 2.21. The molecule has 1 aliphatic carbocycles. The van der Waals surface area contributed by atoms with E-state index < -0.39 is 0 Å². The largest absolute Gasteiger partial charge is 0.271 e. The highest BCUT2D eigenvalue weighted by atomic mass is 32.2. The van der Waals surface area contributed by atoms with Gasteiger partial charge >= 0.3 is 0 Å². The molecule has 14 heavy (non-hydrogen) atoms. The van der Waals surface area contributed by atoms with Crippen LogP contribution in [0, 0.1) is 5.92 Å². The van der Waals surface area contributed by atoms with Gasteiger partial charge in [0.2, 0.25) is 0 Å². The topological polar surface area (TPSA) is 38.0 Å². The van der Waals surface area contributed by atoms with Crippen molar-refractivity contribution >= 4 is 11.8 Å². The Morgan fingerprint density at radius 3 is 2.64 bits per heavy atom. The van der Waals surface area contributed by atoms with Gasteiger partial charge in [-0.3, -0.25) is 11.3 Å². The summed E-state index contributed by atoms with van der Waals surface area (Å²) in [4.78, 5) is 0. The Kier molecular flexibility index (Phi) is 6.65. The van der Waals surface area contributed by atoms with Crippen LogP contribution in [0.4, 0.5) is 0 Å². The van der Waals surface area contributed by atoms with Gasteiger partial charge in [0.15, 0.2) is 0 Å². The highest BCUT2D eigenvalue weighted by Crippen LogP contribution is 2.27. The summed E-state index contributed by atoms with van der Waals surface area (Å²) < 4.78 is 0. The lowest BCUT2D eigenvalue weighted by molar-refractivity contribution is 0.287. The van der Waals surface area contributed by atoms with Crippen molar-refractivity contribution in [2.24, 2.45) is 11.8 Å². The maximum absolute atomic E-state index is 5.62. The lowest BCUT2D eigenvalue weighted by Crippen LogP contribution is -2.43. The van der Waals surface area contributed by atoms with Crippen LogP contribution in [0.5, 0.6) is 0 Å². The second-order valence-electron chi connectivity index (χ2n) is 4.25. The molecule has 0 heterocycles. The van der Waals surface area contributed by atoms with E-state index in [0.717, 1.165) is 5.92 Å². The summed E-state index contributed by atoms with van der Waals surface area (Å²) in [6.45, 7) is 2.23. The molecule has 0 radical (unpaired) electrons. The van der Waals surface area contributed by atoms with E-state index in [1.54, 1.807) is 0 Å². The number of nitrogens with two attached hydrogens (primary N) is 1. The Morgan fingerprint density at radius 2 is 2.07 bits per heavy atom. The molecule has 1 fully saturated rings. The fourth-order valence-electron chi connectivity index (χ4n) is 2.21. The van der Waals surface area contributed by atoms with Gasteiger partial charge in [-0.25, -0.2) is 0 Å². The summed E-state index contributed by atoms with van der Waals surface area (Å²) in [7, 11) is 0. The fraction of sp³-hybridized carbons (Fsp3) is 1.00. The minimum Gasteiger partial charge on any atom is -0.271 e. The van der Waals surface area contributed by atoms with Crippen molar-refractivity contribution in [3.63, 3.8) is 0 Å². The minimum atomic E-state index is 0.548. The number of hydrogen-bond donors (Lipinski definition) is 2. The third kappa shape index (κ3) is 4.20. The van der Waals surface area contributed by atoms with Crippen LogP contribution in [0.3, 0.4) is 0 Å². The normalized spacial score (nSPS) is 21.0. The lowest BCUT2D eigenvalue weighted by atomic mass is 9.85. The fourth-order valence-corrected chi connectivity index (χ4v) is 3.29. The first-order valence-corrected chi connectivity index (χ1v) is 7.07. The molecule has 1 aliphatic rings. The summed E-state index contributed by atoms with van der Waals surface area (Å²) >= 11 is 2.04. The number of hydrogen-bond acceptors (Lipinski definition) is 3. The molecule has 1 unspecified atom stereocenters. The molecule has 0 aromatic heterocycles. The third-order valence-electron chi connectivity index (χ3n) is 3.08. The molecule has 3 N–H and O–H groups in total. The highest BCUT2D eigenvalue weighted by molar-refractivity contribution is 7.99. The van der Waals surface area contributed by atoms with Gasteiger partial charge in [0.25, 0.3) is 0 Å². The predicted molar refractivity (Wildman–Crippen MR) is 65.3 cm³/mol. The lowest BCUT2D eigenvalue weighted by Gasteiger charge is -2.29. The van der Waals surface area contributed by atoms with Crippen LogP contribution in [-0.4, -0.2) is 17.5 Å². The average Bonchev–Trinajstić information content (AvgIpc) is 2.26. The zero-order valence-corrected chi connectivity index (χ0v) is 10.1. The van der Waals surface area contributed by atoms with Crippen molar-refractivity contribution in [3.05, 3.63) is 0 Å². The molecule has 0 spiro atoms. The smallest absolute Gasteiger partial charge is 0.0329 e. The number of rotatable bonds is 6. The van der Waals surface area contributed by atoms with Gasteiger partial charge in [0, 0.05) is 11.8 Å². The van der Waals surface area contributed by atoms with Crippen molar-refractivity contribution in [1.82, 2.24) is 5.43 Å². The molecule has 1 atom stereocenters. The first-order valence-electron chi connectivity index (χ1n) is 5.92. The van der Waals surface area contributed by atoms with Crippen LogP contribution in [-0.2, 0) is 0 Å². The van der Waals surface area contributed by atoms with E-state index in [1.165, 1.54) is 50.0 Å².